The predicted octanol–water partition coefficient (Wildman–Crippen LogP) is 2.24. The SMILES string of the molecule is C/C=C\C(=N/C)c1nc2n(c1-c1ccc3ncc(C(N)=O)n3c1)CCC2. The number of pyridine rings is 1. The summed E-state index contributed by atoms with van der Waals surface area (Å²) in [6.45, 7) is 2.89. The van der Waals surface area contributed by atoms with E-state index in [1.807, 2.05) is 37.4 Å². The van der Waals surface area contributed by atoms with E-state index >= 15 is 0 Å². The molecule has 1 aliphatic heterocycles. The second kappa shape index (κ2) is 6.25. The first kappa shape index (κ1) is 16.3. The maximum Gasteiger partial charge on any atom is 0.267 e. The van der Waals surface area contributed by atoms with Crippen molar-refractivity contribution in [1.29, 1.82) is 0 Å². The lowest BCUT2D eigenvalue weighted by atomic mass is 10.1. The number of imidazole rings is 2. The smallest absolute Gasteiger partial charge is 0.267 e. The summed E-state index contributed by atoms with van der Waals surface area (Å²) < 4.78 is 3.97. The number of amides is 1. The number of nitrogens with two attached hydrogens (primary N) is 1. The van der Waals surface area contributed by atoms with Crippen molar-refractivity contribution in [3.05, 3.63) is 53.9 Å². The van der Waals surface area contributed by atoms with Crippen LogP contribution in [0.2, 0.25) is 0 Å². The normalized spacial score (nSPS) is 14.5. The van der Waals surface area contributed by atoms with Gasteiger partial charge in [0, 0.05) is 31.8 Å². The highest BCUT2D eigenvalue weighted by Gasteiger charge is 2.24. The fraction of sp³-hybridized carbons (Fsp3) is 0.263. The number of allylic oxidation sites excluding steroid dienone is 2. The number of fused-ring (bicyclic) bond motifs is 2. The summed E-state index contributed by atoms with van der Waals surface area (Å²) in [5.41, 5.74) is 10.2. The third kappa shape index (κ3) is 2.44. The average Bonchev–Trinajstić information content (AvgIpc) is 3.32. The van der Waals surface area contributed by atoms with Gasteiger partial charge in [-0.1, -0.05) is 6.08 Å². The number of nitrogens with zero attached hydrogens (tertiary/aromatic N) is 5. The maximum atomic E-state index is 11.7. The summed E-state index contributed by atoms with van der Waals surface area (Å²) in [5.74, 6) is 0.569. The first-order valence-corrected chi connectivity index (χ1v) is 8.60. The summed E-state index contributed by atoms with van der Waals surface area (Å²) in [6.07, 6.45) is 9.36. The van der Waals surface area contributed by atoms with Gasteiger partial charge in [-0.25, -0.2) is 9.97 Å². The van der Waals surface area contributed by atoms with Crippen LogP contribution < -0.4 is 5.73 Å². The van der Waals surface area contributed by atoms with Crippen molar-refractivity contribution in [3.8, 4) is 11.3 Å². The maximum absolute atomic E-state index is 11.7. The predicted molar refractivity (Wildman–Crippen MR) is 101 cm³/mol. The van der Waals surface area contributed by atoms with Crippen molar-refractivity contribution >= 4 is 17.3 Å². The molecule has 4 heterocycles. The highest BCUT2D eigenvalue weighted by molar-refractivity contribution is 6.11. The van der Waals surface area contributed by atoms with E-state index in [4.69, 9.17) is 10.7 Å². The van der Waals surface area contributed by atoms with Crippen LogP contribution in [0.15, 0.2) is 41.7 Å². The summed E-state index contributed by atoms with van der Waals surface area (Å²) in [7, 11) is 1.77. The Labute approximate surface area is 150 Å². The third-order valence-electron chi connectivity index (χ3n) is 4.67. The van der Waals surface area contributed by atoms with Gasteiger partial charge in [-0.3, -0.25) is 14.2 Å². The minimum atomic E-state index is -0.502. The van der Waals surface area contributed by atoms with Crippen molar-refractivity contribution in [2.24, 2.45) is 10.7 Å². The minimum Gasteiger partial charge on any atom is -0.364 e. The molecule has 0 spiro atoms. The quantitative estimate of drug-likeness (QED) is 0.733. The van der Waals surface area contributed by atoms with Gasteiger partial charge < -0.3 is 10.3 Å². The Morgan fingerprint density at radius 1 is 1.38 bits per heavy atom. The number of aryl methyl sites for hydroxylation is 1. The van der Waals surface area contributed by atoms with Gasteiger partial charge in [0.25, 0.3) is 5.91 Å². The van der Waals surface area contributed by atoms with E-state index in [0.29, 0.717) is 11.3 Å². The Balaban J connectivity index is 1.97. The molecule has 7 heteroatoms. The Kier molecular flexibility index (Phi) is 3.91. The zero-order valence-electron chi connectivity index (χ0n) is 14.8. The van der Waals surface area contributed by atoms with Crippen LogP contribution in [-0.2, 0) is 13.0 Å². The second-order valence-corrected chi connectivity index (χ2v) is 6.24. The molecule has 0 bridgehead atoms. The van der Waals surface area contributed by atoms with Crippen LogP contribution in [0.5, 0.6) is 0 Å². The van der Waals surface area contributed by atoms with Crippen molar-refractivity contribution < 1.29 is 4.79 Å². The van der Waals surface area contributed by atoms with E-state index in [0.717, 1.165) is 47.9 Å². The average molecular weight is 348 g/mol. The molecule has 1 aliphatic rings. The molecular formula is C19H20N6O. The van der Waals surface area contributed by atoms with Crippen molar-refractivity contribution in [3.63, 3.8) is 0 Å². The largest absolute Gasteiger partial charge is 0.364 e. The van der Waals surface area contributed by atoms with Crippen molar-refractivity contribution in [2.45, 2.75) is 26.3 Å². The van der Waals surface area contributed by atoms with Crippen molar-refractivity contribution in [2.75, 3.05) is 7.05 Å². The van der Waals surface area contributed by atoms with Crippen LogP contribution >= 0.6 is 0 Å². The number of primary amides is 1. The Morgan fingerprint density at radius 2 is 2.23 bits per heavy atom. The Hall–Kier alpha value is -3.22. The molecule has 0 atom stereocenters. The highest BCUT2D eigenvalue weighted by atomic mass is 16.1. The van der Waals surface area contributed by atoms with Gasteiger partial charge in [-0.2, -0.15) is 0 Å². The molecule has 0 saturated carbocycles. The molecule has 0 radical (unpaired) electrons. The number of carbonyl (C=O) groups is 1. The van der Waals surface area contributed by atoms with Crippen molar-refractivity contribution in [1.82, 2.24) is 18.9 Å². The minimum absolute atomic E-state index is 0.363. The van der Waals surface area contributed by atoms with Gasteiger partial charge in [0.05, 0.1) is 17.6 Å². The standard InChI is InChI=1S/C19H20N6O/c1-3-5-13(21-2)17-18(24-9-4-6-16(24)23-17)12-7-8-15-22-10-14(19(20)26)25(15)11-12/h3,5,7-8,10-11H,4,6,9H2,1-2H3,(H2,20,26)/b5-3-,21-13+. The molecule has 26 heavy (non-hydrogen) atoms. The molecule has 3 aromatic rings. The summed E-state index contributed by atoms with van der Waals surface area (Å²) in [6, 6.07) is 3.89. The summed E-state index contributed by atoms with van der Waals surface area (Å²) in [5, 5.41) is 0. The molecule has 0 aromatic carbocycles. The van der Waals surface area contributed by atoms with Gasteiger partial charge in [-0.15, -0.1) is 0 Å². The van der Waals surface area contributed by atoms with E-state index in [9.17, 15) is 4.79 Å². The highest BCUT2D eigenvalue weighted by Crippen LogP contribution is 2.30. The van der Waals surface area contributed by atoms with Gasteiger partial charge >= 0.3 is 0 Å². The lowest BCUT2D eigenvalue weighted by Gasteiger charge is -2.10. The monoisotopic (exact) mass is 348 g/mol. The fourth-order valence-corrected chi connectivity index (χ4v) is 3.52. The molecular weight excluding hydrogens is 328 g/mol. The summed E-state index contributed by atoms with van der Waals surface area (Å²) >= 11 is 0. The topological polar surface area (TPSA) is 90.6 Å². The van der Waals surface area contributed by atoms with Gasteiger partial charge in [0.15, 0.2) is 0 Å². The molecule has 0 unspecified atom stereocenters. The van der Waals surface area contributed by atoms with Gasteiger partial charge in [0.1, 0.15) is 22.9 Å². The zero-order chi connectivity index (χ0) is 18.3. The van der Waals surface area contributed by atoms with E-state index in [1.165, 1.54) is 6.20 Å². The summed E-state index contributed by atoms with van der Waals surface area (Å²) in [4.78, 5) is 25.2. The lowest BCUT2D eigenvalue weighted by Crippen LogP contribution is -2.13. The molecule has 0 aliphatic carbocycles. The molecule has 132 valence electrons. The first-order valence-electron chi connectivity index (χ1n) is 8.60. The molecule has 3 aromatic heterocycles. The Morgan fingerprint density at radius 3 is 2.96 bits per heavy atom. The molecule has 0 fully saturated rings. The molecule has 2 N–H and O–H groups in total. The molecule has 1 amide bonds. The van der Waals surface area contributed by atoms with Crippen LogP contribution in [0.1, 0.15) is 35.4 Å². The number of carbonyl (C=O) groups excluding carboxylic acids is 1. The van der Waals surface area contributed by atoms with Crippen LogP contribution in [-0.4, -0.2) is 37.6 Å². The third-order valence-corrected chi connectivity index (χ3v) is 4.67. The Bertz CT molecular complexity index is 1070. The molecule has 0 saturated heterocycles. The van der Waals surface area contributed by atoms with Crippen LogP contribution in [0, 0.1) is 0 Å². The molecule has 4 rings (SSSR count). The van der Waals surface area contributed by atoms with Crippen LogP contribution in [0.25, 0.3) is 16.9 Å². The van der Waals surface area contributed by atoms with Crippen LogP contribution in [0.3, 0.4) is 0 Å². The number of hydrogen-bond acceptors (Lipinski definition) is 4. The number of rotatable bonds is 4. The van der Waals surface area contributed by atoms with E-state index in [-0.39, 0.29) is 0 Å². The van der Waals surface area contributed by atoms with E-state index in [1.54, 1.807) is 11.4 Å². The second-order valence-electron chi connectivity index (χ2n) is 6.24. The zero-order valence-corrected chi connectivity index (χ0v) is 14.8. The van der Waals surface area contributed by atoms with Gasteiger partial charge in [0.2, 0.25) is 0 Å². The lowest BCUT2D eigenvalue weighted by molar-refractivity contribution is 0.0995. The number of aromatic nitrogens is 4. The fourth-order valence-electron chi connectivity index (χ4n) is 3.52. The van der Waals surface area contributed by atoms with Crippen LogP contribution in [0.4, 0.5) is 0 Å². The van der Waals surface area contributed by atoms with E-state index < -0.39 is 5.91 Å². The first-order chi connectivity index (χ1) is 12.6. The molecule has 7 nitrogen and oxygen atoms in total. The number of hydrogen-bond donors (Lipinski definition) is 1. The van der Waals surface area contributed by atoms with E-state index in [2.05, 4.69) is 14.5 Å². The van der Waals surface area contributed by atoms with Gasteiger partial charge in [-0.05, 0) is 31.6 Å². The number of aliphatic imine (C=N–C) groups is 1.